The zero-order valence-corrected chi connectivity index (χ0v) is 12.5. The first-order valence-electron chi connectivity index (χ1n) is 7.77. The normalized spacial score (nSPS) is 38.2. The second kappa shape index (κ2) is 5.28. The fourth-order valence-corrected chi connectivity index (χ4v) is 3.66. The molecule has 4 saturated heterocycles. The van der Waals surface area contributed by atoms with Gasteiger partial charge in [-0.25, -0.2) is 0 Å². The summed E-state index contributed by atoms with van der Waals surface area (Å²) in [5, 5.41) is 0. The highest BCUT2D eigenvalue weighted by molar-refractivity contribution is 5.73. The first kappa shape index (κ1) is 14.3. The average Bonchev–Trinajstić information content (AvgIpc) is 2.49. The van der Waals surface area contributed by atoms with E-state index in [-0.39, 0.29) is 17.2 Å². The number of rotatable bonds is 3. The molecule has 1 amide bonds. The Bertz CT molecular complexity index is 352. The average molecular weight is 283 g/mol. The molecule has 5 nitrogen and oxygen atoms in total. The van der Waals surface area contributed by atoms with Crippen molar-refractivity contribution in [2.45, 2.75) is 45.5 Å². The van der Waals surface area contributed by atoms with Crippen molar-refractivity contribution >= 4 is 5.91 Å². The van der Waals surface area contributed by atoms with Crippen molar-refractivity contribution in [1.82, 2.24) is 4.90 Å². The van der Waals surface area contributed by atoms with Crippen molar-refractivity contribution in [3.63, 3.8) is 0 Å². The Morgan fingerprint density at radius 2 is 1.70 bits per heavy atom. The molecule has 0 atom stereocenters. The number of amides is 1. The van der Waals surface area contributed by atoms with Crippen LogP contribution in [0.3, 0.4) is 0 Å². The van der Waals surface area contributed by atoms with Gasteiger partial charge in [0.1, 0.15) is 0 Å². The molecule has 0 aliphatic carbocycles. The SMILES string of the molecule is CCCC12COC(C3CCN(C(C)=O)CC3)(OC1)OC2. The highest BCUT2D eigenvalue weighted by Gasteiger charge is 2.56. The summed E-state index contributed by atoms with van der Waals surface area (Å²) in [6.07, 6.45) is 3.99. The number of ether oxygens (including phenoxy) is 3. The van der Waals surface area contributed by atoms with E-state index in [9.17, 15) is 4.79 Å². The number of carbonyl (C=O) groups is 1. The molecule has 4 aliphatic rings. The third-order valence-electron chi connectivity index (χ3n) is 4.96. The molecule has 0 unspecified atom stereocenters. The van der Waals surface area contributed by atoms with Crippen LogP contribution in [0.15, 0.2) is 0 Å². The number of carbonyl (C=O) groups excluding carboxylic acids is 1. The summed E-state index contributed by atoms with van der Waals surface area (Å²) in [7, 11) is 0. The predicted octanol–water partition coefficient (Wildman–Crippen LogP) is 1.76. The molecular formula is C15H25NO4. The van der Waals surface area contributed by atoms with Gasteiger partial charge >= 0.3 is 0 Å². The van der Waals surface area contributed by atoms with Gasteiger partial charge < -0.3 is 19.1 Å². The summed E-state index contributed by atoms with van der Waals surface area (Å²) in [6, 6.07) is 0. The van der Waals surface area contributed by atoms with E-state index in [2.05, 4.69) is 6.92 Å². The number of hydrogen-bond donors (Lipinski definition) is 0. The molecule has 0 aromatic carbocycles. The van der Waals surface area contributed by atoms with Crippen LogP contribution in [0, 0.1) is 11.3 Å². The van der Waals surface area contributed by atoms with Crippen LogP contribution in [-0.2, 0) is 19.0 Å². The van der Waals surface area contributed by atoms with Gasteiger partial charge in [-0.1, -0.05) is 13.3 Å². The minimum Gasteiger partial charge on any atom is -0.343 e. The summed E-state index contributed by atoms with van der Waals surface area (Å²) in [6.45, 7) is 7.59. The Balaban J connectivity index is 1.61. The predicted molar refractivity (Wildman–Crippen MR) is 72.9 cm³/mol. The van der Waals surface area contributed by atoms with E-state index < -0.39 is 5.97 Å². The third kappa shape index (κ3) is 2.36. The van der Waals surface area contributed by atoms with Gasteiger partial charge in [0.15, 0.2) is 0 Å². The van der Waals surface area contributed by atoms with E-state index in [1.165, 1.54) is 0 Å². The van der Waals surface area contributed by atoms with Gasteiger partial charge in [0.25, 0.3) is 5.97 Å². The second-order valence-corrected chi connectivity index (χ2v) is 6.50. The standard InChI is InChI=1S/C15H25NO4/c1-3-6-14-9-18-15(19-10-14,20-11-14)13-4-7-16(8-5-13)12(2)17/h13H,3-11H2,1-2H3. The topological polar surface area (TPSA) is 48.0 Å². The van der Waals surface area contributed by atoms with Crippen LogP contribution in [0.2, 0.25) is 0 Å². The molecule has 0 aromatic heterocycles. The monoisotopic (exact) mass is 283 g/mol. The number of piperidine rings is 1. The molecule has 5 heteroatoms. The summed E-state index contributed by atoms with van der Waals surface area (Å²) >= 11 is 0. The Morgan fingerprint density at radius 1 is 1.15 bits per heavy atom. The van der Waals surface area contributed by atoms with Crippen LogP contribution < -0.4 is 0 Å². The first-order valence-corrected chi connectivity index (χ1v) is 7.77. The summed E-state index contributed by atoms with van der Waals surface area (Å²) in [5.41, 5.74) is 0.0661. The van der Waals surface area contributed by atoms with Crippen molar-refractivity contribution in [2.75, 3.05) is 32.9 Å². The Hall–Kier alpha value is -0.650. The number of fused-ring (bicyclic) bond motifs is 3. The zero-order chi connectivity index (χ0) is 14.2. The maximum Gasteiger partial charge on any atom is 0.286 e. The second-order valence-electron chi connectivity index (χ2n) is 6.50. The lowest BCUT2D eigenvalue weighted by molar-refractivity contribution is -0.488. The van der Waals surface area contributed by atoms with Gasteiger partial charge in [0.2, 0.25) is 5.91 Å². The van der Waals surface area contributed by atoms with Gasteiger partial charge in [-0.15, -0.1) is 0 Å². The highest BCUT2D eigenvalue weighted by atomic mass is 16.9. The molecule has 0 saturated carbocycles. The summed E-state index contributed by atoms with van der Waals surface area (Å²) in [4.78, 5) is 13.3. The van der Waals surface area contributed by atoms with Gasteiger partial charge in [-0.05, 0) is 19.3 Å². The van der Waals surface area contributed by atoms with E-state index >= 15 is 0 Å². The minimum atomic E-state index is -0.835. The van der Waals surface area contributed by atoms with Crippen molar-refractivity contribution in [3.05, 3.63) is 0 Å². The van der Waals surface area contributed by atoms with Gasteiger partial charge in [0, 0.05) is 31.3 Å². The minimum absolute atomic E-state index is 0.0661. The van der Waals surface area contributed by atoms with E-state index in [0.29, 0.717) is 0 Å². The summed E-state index contributed by atoms with van der Waals surface area (Å²) < 4.78 is 18.0. The molecule has 0 spiro atoms. The highest BCUT2D eigenvalue weighted by Crippen LogP contribution is 2.46. The Kier molecular flexibility index (Phi) is 3.77. The van der Waals surface area contributed by atoms with Crippen molar-refractivity contribution in [1.29, 1.82) is 0 Å². The number of nitrogens with zero attached hydrogens (tertiary/aromatic N) is 1. The number of hydrogen-bond acceptors (Lipinski definition) is 4. The van der Waals surface area contributed by atoms with E-state index in [0.717, 1.165) is 58.6 Å². The lowest BCUT2D eigenvalue weighted by Crippen LogP contribution is -2.64. The molecular weight excluding hydrogens is 258 g/mol. The lowest BCUT2D eigenvalue weighted by Gasteiger charge is -2.55. The van der Waals surface area contributed by atoms with Gasteiger partial charge in [-0.3, -0.25) is 4.79 Å². The first-order chi connectivity index (χ1) is 9.59. The molecule has 2 bridgehead atoms. The number of likely N-dealkylation sites (tertiary alicyclic amines) is 1. The third-order valence-corrected chi connectivity index (χ3v) is 4.96. The largest absolute Gasteiger partial charge is 0.343 e. The van der Waals surface area contributed by atoms with E-state index in [4.69, 9.17) is 14.2 Å². The van der Waals surface area contributed by atoms with Crippen LogP contribution in [0.1, 0.15) is 39.5 Å². The quantitative estimate of drug-likeness (QED) is 0.792. The van der Waals surface area contributed by atoms with Crippen LogP contribution in [0.5, 0.6) is 0 Å². The molecule has 0 radical (unpaired) electrons. The van der Waals surface area contributed by atoms with Crippen LogP contribution in [0.4, 0.5) is 0 Å². The maximum absolute atomic E-state index is 11.4. The van der Waals surface area contributed by atoms with Gasteiger partial charge in [-0.2, -0.15) is 0 Å². The molecule has 4 aliphatic heterocycles. The smallest absolute Gasteiger partial charge is 0.286 e. The summed E-state index contributed by atoms with van der Waals surface area (Å²) in [5.74, 6) is -0.450. The fourth-order valence-electron chi connectivity index (χ4n) is 3.66. The molecule has 0 N–H and O–H groups in total. The maximum atomic E-state index is 11.4. The molecule has 4 heterocycles. The van der Waals surface area contributed by atoms with Crippen LogP contribution in [-0.4, -0.2) is 49.7 Å². The van der Waals surface area contributed by atoms with Crippen LogP contribution in [0.25, 0.3) is 0 Å². The molecule has 4 fully saturated rings. The Morgan fingerprint density at radius 3 is 2.15 bits per heavy atom. The van der Waals surface area contributed by atoms with Crippen LogP contribution >= 0.6 is 0 Å². The van der Waals surface area contributed by atoms with Gasteiger partial charge in [0.05, 0.1) is 19.8 Å². The fraction of sp³-hybridized carbons (Fsp3) is 0.933. The van der Waals surface area contributed by atoms with Crippen molar-refractivity contribution in [3.8, 4) is 0 Å². The Labute approximate surface area is 120 Å². The molecule has 114 valence electrons. The lowest BCUT2D eigenvalue weighted by atomic mass is 9.82. The molecule has 4 rings (SSSR count). The van der Waals surface area contributed by atoms with Crippen molar-refractivity contribution < 1.29 is 19.0 Å². The molecule has 20 heavy (non-hydrogen) atoms. The van der Waals surface area contributed by atoms with Crippen molar-refractivity contribution in [2.24, 2.45) is 11.3 Å². The zero-order valence-electron chi connectivity index (χ0n) is 12.5. The van der Waals surface area contributed by atoms with E-state index in [1.54, 1.807) is 6.92 Å². The van der Waals surface area contributed by atoms with E-state index in [1.807, 2.05) is 4.90 Å². The molecule has 0 aromatic rings.